The second kappa shape index (κ2) is 11.1. The second-order valence-electron chi connectivity index (χ2n) is 6.01. The zero-order valence-corrected chi connectivity index (χ0v) is 17.4. The Kier molecular flexibility index (Phi) is 9.54. The molecule has 0 saturated carbocycles. The van der Waals surface area contributed by atoms with Gasteiger partial charge < -0.3 is 28.4 Å². The van der Waals surface area contributed by atoms with Gasteiger partial charge in [0.2, 0.25) is 0 Å². The van der Waals surface area contributed by atoms with Gasteiger partial charge in [-0.05, 0) is 25.0 Å². The molecule has 8 heteroatoms. The van der Waals surface area contributed by atoms with Crippen LogP contribution in [0.1, 0.15) is 60.2 Å². The van der Waals surface area contributed by atoms with Gasteiger partial charge in [-0.25, -0.2) is 9.59 Å². The van der Waals surface area contributed by atoms with E-state index >= 15 is 0 Å². The minimum Gasteiger partial charge on any atom is -0.404 e. The fourth-order valence-electron chi connectivity index (χ4n) is 2.69. The summed E-state index contributed by atoms with van der Waals surface area (Å²) in [5, 5.41) is 0. The molecule has 0 radical (unpaired) electrons. The maximum atomic E-state index is 12.8. The van der Waals surface area contributed by atoms with E-state index in [9.17, 15) is 9.59 Å². The number of hydrogen-bond acceptors (Lipinski definition) is 8. The Hall–Kier alpha value is -2.00. The van der Waals surface area contributed by atoms with Gasteiger partial charge in [-0.3, -0.25) is 0 Å². The van der Waals surface area contributed by atoms with Crippen LogP contribution in [0.4, 0.5) is 0 Å². The Morgan fingerprint density at radius 1 is 0.714 bits per heavy atom. The quantitative estimate of drug-likeness (QED) is 0.390. The summed E-state index contributed by atoms with van der Waals surface area (Å²) in [6, 6.07) is 6.14. The summed E-state index contributed by atoms with van der Waals surface area (Å²) < 4.78 is 31.8. The molecule has 0 bridgehead atoms. The molecule has 0 atom stereocenters. The molecule has 0 N–H and O–H groups in total. The van der Waals surface area contributed by atoms with E-state index in [2.05, 4.69) is 0 Å². The van der Waals surface area contributed by atoms with Crippen molar-refractivity contribution in [3.05, 3.63) is 35.4 Å². The van der Waals surface area contributed by atoms with E-state index in [1.807, 2.05) is 13.8 Å². The summed E-state index contributed by atoms with van der Waals surface area (Å²) in [5.41, 5.74) is 0.0272. The molecule has 0 spiro atoms. The lowest BCUT2D eigenvalue weighted by Crippen LogP contribution is -2.40. The zero-order chi connectivity index (χ0) is 21.2. The van der Waals surface area contributed by atoms with Crippen LogP contribution >= 0.6 is 0 Å². The summed E-state index contributed by atoms with van der Waals surface area (Å²) >= 11 is 0. The van der Waals surface area contributed by atoms with Gasteiger partial charge in [0.05, 0.1) is 11.1 Å². The van der Waals surface area contributed by atoms with E-state index in [4.69, 9.17) is 28.4 Å². The SMILES string of the molecule is CCCC(OC)(OC)OC(=O)c1ccccc1C(=O)OC(CCC)(OC)OC. The number of carbonyl (C=O) groups is 2. The average molecular weight is 398 g/mol. The minimum absolute atomic E-state index is 0.0136. The van der Waals surface area contributed by atoms with Crippen LogP contribution in [-0.2, 0) is 28.4 Å². The summed E-state index contributed by atoms with van der Waals surface area (Å²) in [6.07, 6.45) is 1.95. The van der Waals surface area contributed by atoms with Crippen LogP contribution in [-0.4, -0.2) is 52.3 Å². The van der Waals surface area contributed by atoms with Crippen LogP contribution in [0.25, 0.3) is 0 Å². The molecule has 0 aromatic heterocycles. The van der Waals surface area contributed by atoms with Crippen molar-refractivity contribution in [3.63, 3.8) is 0 Å². The highest BCUT2D eigenvalue weighted by Crippen LogP contribution is 2.26. The first-order chi connectivity index (χ1) is 13.4. The minimum atomic E-state index is -1.53. The van der Waals surface area contributed by atoms with Crippen LogP contribution < -0.4 is 0 Å². The van der Waals surface area contributed by atoms with Crippen molar-refractivity contribution in [2.24, 2.45) is 0 Å². The Labute approximate surface area is 166 Å². The third kappa shape index (κ3) is 5.75. The number of esters is 2. The van der Waals surface area contributed by atoms with Gasteiger partial charge in [0, 0.05) is 41.3 Å². The Morgan fingerprint density at radius 2 is 1.04 bits per heavy atom. The number of benzene rings is 1. The van der Waals surface area contributed by atoms with Gasteiger partial charge in [-0.2, -0.15) is 0 Å². The topological polar surface area (TPSA) is 89.5 Å². The predicted octanol–water partition coefficient (Wildman–Crippen LogP) is 3.49. The lowest BCUT2D eigenvalue weighted by Gasteiger charge is -2.30. The van der Waals surface area contributed by atoms with Crippen molar-refractivity contribution < 1.29 is 38.0 Å². The molecule has 0 aliphatic carbocycles. The highest BCUT2D eigenvalue weighted by molar-refractivity contribution is 6.03. The molecule has 0 amide bonds. The molecule has 0 unspecified atom stereocenters. The van der Waals surface area contributed by atoms with E-state index in [0.29, 0.717) is 25.7 Å². The molecule has 158 valence electrons. The van der Waals surface area contributed by atoms with Gasteiger partial charge in [0.15, 0.2) is 0 Å². The highest BCUT2D eigenvalue weighted by Gasteiger charge is 2.38. The molecular formula is C20H30O8. The molecule has 0 aliphatic heterocycles. The fourth-order valence-corrected chi connectivity index (χ4v) is 2.69. The number of hydrogen-bond donors (Lipinski definition) is 0. The molecule has 1 aromatic rings. The average Bonchev–Trinajstić information content (AvgIpc) is 2.72. The summed E-state index contributed by atoms with van der Waals surface area (Å²) in [5.74, 6) is -4.62. The first-order valence-electron chi connectivity index (χ1n) is 9.12. The Balaban J connectivity index is 3.15. The first kappa shape index (κ1) is 24.0. The van der Waals surface area contributed by atoms with E-state index in [1.54, 1.807) is 12.1 Å². The lowest BCUT2D eigenvalue weighted by atomic mass is 10.1. The van der Waals surface area contributed by atoms with Gasteiger partial charge in [-0.1, -0.05) is 26.0 Å². The van der Waals surface area contributed by atoms with Crippen LogP contribution in [0.3, 0.4) is 0 Å². The molecule has 0 saturated heterocycles. The molecule has 1 rings (SSSR count). The Bertz CT molecular complexity index is 580. The van der Waals surface area contributed by atoms with Crippen LogP contribution in [0.5, 0.6) is 0 Å². The van der Waals surface area contributed by atoms with Crippen molar-refractivity contribution in [2.45, 2.75) is 51.5 Å². The van der Waals surface area contributed by atoms with Crippen LogP contribution in [0, 0.1) is 0 Å². The van der Waals surface area contributed by atoms with Crippen LogP contribution in [0.15, 0.2) is 24.3 Å². The molecule has 0 fully saturated rings. The zero-order valence-electron chi connectivity index (χ0n) is 17.4. The van der Waals surface area contributed by atoms with Gasteiger partial charge in [0.1, 0.15) is 0 Å². The largest absolute Gasteiger partial charge is 0.404 e. The molecule has 1 aromatic carbocycles. The molecule has 0 aliphatic rings. The van der Waals surface area contributed by atoms with Crippen molar-refractivity contribution in [1.29, 1.82) is 0 Å². The van der Waals surface area contributed by atoms with E-state index in [-0.39, 0.29) is 11.1 Å². The third-order valence-electron chi connectivity index (χ3n) is 4.22. The van der Waals surface area contributed by atoms with E-state index in [0.717, 1.165) is 0 Å². The third-order valence-corrected chi connectivity index (χ3v) is 4.22. The highest BCUT2D eigenvalue weighted by atomic mass is 16.9. The maximum absolute atomic E-state index is 12.8. The number of carbonyl (C=O) groups excluding carboxylic acids is 2. The summed E-state index contributed by atoms with van der Waals surface area (Å²) in [6.45, 7) is 3.80. The van der Waals surface area contributed by atoms with E-state index < -0.39 is 23.9 Å². The standard InChI is InChI=1S/C20H30O8/c1-7-13-19(23-3,24-4)27-17(21)15-11-9-10-12-16(15)18(22)28-20(25-5,26-6)14-8-2/h9-12H,7-8,13-14H2,1-6H3. The van der Waals surface area contributed by atoms with Gasteiger partial charge >= 0.3 is 23.9 Å². The van der Waals surface area contributed by atoms with Gasteiger partial charge in [0.25, 0.3) is 0 Å². The monoisotopic (exact) mass is 398 g/mol. The smallest absolute Gasteiger partial charge is 0.343 e. The number of methoxy groups -OCH3 is 4. The predicted molar refractivity (Wildman–Crippen MR) is 101 cm³/mol. The first-order valence-corrected chi connectivity index (χ1v) is 9.12. The number of rotatable bonds is 12. The summed E-state index contributed by atoms with van der Waals surface area (Å²) in [7, 11) is 5.51. The molecule has 8 nitrogen and oxygen atoms in total. The second-order valence-corrected chi connectivity index (χ2v) is 6.01. The van der Waals surface area contributed by atoms with Crippen molar-refractivity contribution in [1.82, 2.24) is 0 Å². The lowest BCUT2D eigenvalue weighted by molar-refractivity contribution is -0.339. The maximum Gasteiger partial charge on any atom is 0.343 e. The summed E-state index contributed by atoms with van der Waals surface area (Å²) in [4.78, 5) is 25.5. The van der Waals surface area contributed by atoms with Gasteiger partial charge in [-0.15, -0.1) is 0 Å². The van der Waals surface area contributed by atoms with Crippen molar-refractivity contribution in [2.75, 3.05) is 28.4 Å². The fraction of sp³-hybridized carbons (Fsp3) is 0.600. The molecule has 28 heavy (non-hydrogen) atoms. The van der Waals surface area contributed by atoms with Crippen LogP contribution in [0.2, 0.25) is 0 Å². The molecule has 0 heterocycles. The van der Waals surface area contributed by atoms with Crippen molar-refractivity contribution >= 4 is 11.9 Å². The molecular weight excluding hydrogens is 368 g/mol. The van der Waals surface area contributed by atoms with E-state index in [1.165, 1.54) is 40.6 Å². The Morgan fingerprint density at radius 3 is 1.29 bits per heavy atom. The van der Waals surface area contributed by atoms with Crippen molar-refractivity contribution in [3.8, 4) is 0 Å². The normalized spacial score (nSPS) is 11.9. The number of ether oxygens (including phenoxy) is 6.